The molecule has 1 aliphatic carbocycles. The first-order valence-corrected chi connectivity index (χ1v) is 6.76. The van der Waals surface area contributed by atoms with Gasteiger partial charge in [-0.2, -0.15) is 9.61 Å². The van der Waals surface area contributed by atoms with E-state index >= 15 is 0 Å². The number of hydrogen-bond donors (Lipinski definition) is 1. The smallest absolute Gasteiger partial charge is 0.157 e. The molecule has 0 saturated heterocycles. The fourth-order valence-corrected chi connectivity index (χ4v) is 2.47. The van der Waals surface area contributed by atoms with Crippen molar-refractivity contribution in [1.29, 1.82) is 0 Å². The quantitative estimate of drug-likeness (QED) is 0.865. The molecule has 5 heteroatoms. The number of nitrogens with zero attached hydrogens (tertiary/aromatic N) is 3. The molecular formula is C14H20N4O. The summed E-state index contributed by atoms with van der Waals surface area (Å²) in [6.45, 7) is 3.90. The van der Waals surface area contributed by atoms with Gasteiger partial charge in [-0.1, -0.05) is 0 Å². The zero-order valence-corrected chi connectivity index (χ0v) is 11.5. The van der Waals surface area contributed by atoms with E-state index in [1.807, 2.05) is 10.6 Å². The highest BCUT2D eigenvalue weighted by atomic mass is 16.5. The minimum Gasteiger partial charge on any atom is -0.385 e. The molecule has 0 amide bonds. The number of ether oxygens (including phenoxy) is 1. The summed E-state index contributed by atoms with van der Waals surface area (Å²) in [7, 11) is 1.77. The van der Waals surface area contributed by atoms with Crippen molar-refractivity contribution in [2.75, 3.05) is 25.6 Å². The second kappa shape index (κ2) is 4.81. The number of aryl methyl sites for hydroxylation is 1. The molecule has 19 heavy (non-hydrogen) atoms. The Hall–Kier alpha value is -1.62. The minimum absolute atomic E-state index is 0.423. The maximum absolute atomic E-state index is 5.19. The number of pyridine rings is 1. The number of anilines is 1. The van der Waals surface area contributed by atoms with Crippen LogP contribution in [0.4, 0.5) is 5.82 Å². The van der Waals surface area contributed by atoms with Gasteiger partial charge in [0.05, 0.1) is 0 Å². The molecule has 1 aliphatic rings. The zero-order valence-electron chi connectivity index (χ0n) is 11.5. The third kappa shape index (κ3) is 2.56. The van der Waals surface area contributed by atoms with Gasteiger partial charge in [0.2, 0.25) is 0 Å². The number of aromatic nitrogens is 3. The third-order valence-corrected chi connectivity index (χ3v) is 3.96. The molecule has 102 valence electrons. The molecule has 1 saturated carbocycles. The molecule has 5 nitrogen and oxygen atoms in total. The average Bonchev–Trinajstić information content (AvgIpc) is 3.02. The van der Waals surface area contributed by atoms with Gasteiger partial charge in [-0.3, -0.25) is 0 Å². The van der Waals surface area contributed by atoms with Crippen LogP contribution < -0.4 is 5.32 Å². The van der Waals surface area contributed by atoms with Gasteiger partial charge in [-0.05, 0) is 49.3 Å². The minimum atomic E-state index is 0.423. The normalized spacial score (nSPS) is 16.7. The largest absolute Gasteiger partial charge is 0.385 e. The lowest BCUT2D eigenvalue weighted by atomic mass is 10.0. The van der Waals surface area contributed by atoms with Crippen molar-refractivity contribution in [3.05, 3.63) is 24.0 Å². The van der Waals surface area contributed by atoms with E-state index in [2.05, 4.69) is 28.4 Å². The molecule has 2 aromatic rings. The second-order valence-electron chi connectivity index (χ2n) is 5.54. The van der Waals surface area contributed by atoms with Crippen LogP contribution in [0.2, 0.25) is 0 Å². The molecule has 0 aromatic carbocycles. The molecule has 0 bridgehead atoms. The Balaban J connectivity index is 1.73. The fourth-order valence-electron chi connectivity index (χ4n) is 2.47. The molecule has 3 rings (SSSR count). The topological polar surface area (TPSA) is 51.5 Å². The average molecular weight is 260 g/mol. The SMILES string of the molecule is COCCC1(CNc2cc(C)cc3ncnn23)CC1. The van der Waals surface area contributed by atoms with E-state index in [1.54, 1.807) is 13.4 Å². The third-order valence-electron chi connectivity index (χ3n) is 3.96. The van der Waals surface area contributed by atoms with Crippen molar-refractivity contribution < 1.29 is 4.74 Å². The second-order valence-corrected chi connectivity index (χ2v) is 5.54. The van der Waals surface area contributed by atoms with E-state index in [0.717, 1.165) is 31.0 Å². The lowest BCUT2D eigenvalue weighted by molar-refractivity contribution is 0.175. The van der Waals surface area contributed by atoms with E-state index in [4.69, 9.17) is 4.74 Å². The summed E-state index contributed by atoms with van der Waals surface area (Å²) in [5.74, 6) is 1.02. The Morgan fingerprint density at radius 2 is 2.26 bits per heavy atom. The summed E-state index contributed by atoms with van der Waals surface area (Å²) in [6.07, 6.45) is 5.30. The standard InChI is InChI=1S/C14H20N4O/c1-11-7-12(18-13(8-11)16-10-17-18)15-9-14(3-4-14)5-6-19-2/h7-8,10,15H,3-6,9H2,1-2H3. The maximum atomic E-state index is 5.19. The van der Waals surface area contributed by atoms with Gasteiger partial charge in [0.1, 0.15) is 12.1 Å². The summed E-state index contributed by atoms with van der Waals surface area (Å²) >= 11 is 0. The van der Waals surface area contributed by atoms with E-state index in [1.165, 1.54) is 18.4 Å². The van der Waals surface area contributed by atoms with Gasteiger partial charge < -0.3 is 10.1 Å². The van der Waals surface area contributed by atoms with Crippen LogP contribution >= 0.6 is 0 Å². The number of methoxy groups -OCH3 is 1. The lowest BCUT2D eigenvalue weighted by Gasteiger charge is -2.17. The molecular weight excluding hydrogens is 240 g/mol. The molecule has 0 atom stereocenters. The number of hydrogen-bond acceptors (Lipinski definition) is 4. The number of nitrogens with one attached hydrogen (secondary N) is 1. The lowest BCUT2D eigenvalue weighted by Crippen LogP contribution is -2.19. The Morgan fingerprint density at radius 1 is 1.42 bits per heavy atom. The van der Waals surface area contributed by atoms with Crippen LogP contribution in [0.15, 0.2) is 18.5 Å². The molecule has 0 spiro atoms. The summed E-state index contributed by atoms with van der Waals surface area (Å²) in [5, 5.41) is 7.79. The molecule has 1 N–H and O–H groups in total. The van der Waals surface area contributed by atoms with E-state index in [9.17, 15) is 0 Å². The van der Waals surface area contributed by atoms with Crippen LogP contribution in [0.3, 0.4) is 0 Å². The van der Waals surface area contributed by atoms with Crippen LogP contribution in [0.25, 0.3) is 5.65 Å². The highest BCUT2D eigenvalue weighted by Crippen LogP contribution is 2.48. The van der Waals surface area contributed by atoms with Gasteiger partial charge in [-0.15, -0.1) is 0 Å². The van der Waals surface area contributed by atoms with Crippen LogP contribution in [0, 0.1) is 12.3 Å². The Morgan fingerprint density at radius 3 is 3.00 bits per heavy atom. The maximum Gasteiger partial charge on any atom is 0.157 e. The number of fused-ring (bicyclic) bond motifs is 1. The Kier molecular flexibility index (Phi) is 3.14. The number of rotatable bonds is 6. The molecule has 0 aliphatic heterocycles. The highest BCUT2D eigenvalue weighted by Gasteiger charge is 2.41. The van der Waals surface area contributed by atoms with Gasteiger partial charge in [-0.25, -0.2) is 4.98 Å². The Labute approximate surface area is 113 Å². The molecule has 0 radical (unpaired) electrons. The van der Waals surface area contributed by atoms with Gasteiger partial charge in [0.25, 0.3) is 0 Å². The van der Waals surface area contributed by atoms with E-state index in [0.29, 0.717) is 5.41 Å². The first kappa shape index (κ1) is 12.4. The molecule has 1 fully saturated rings. The first-order chi connectivity index (χ1) is 9.22. The summed E-state index contributed by atoms with van der Waals surface area (Å²) < 4.78 is 7.05. The van der Waals surface area contributed by atoms with Crippen molar-refractivity contribution in [3.63, 3.8) is 0 Å². The Bertz CT molecular complexity index is 574. The van der Waals surface area contributed by atoms with Gasteiger partial charge in [0.15, 0.2) is 5.65 Å². The van der Waals surface area contributed by atoms with Crippen molar-refractivity contribution in [2.45, 2.75) is 26.2 Å². The monoisotopic (exact) mass is 260 g/mol. The van der Waals surface area contributed by atoms with Crippen LogP contribution in [0.1, 0.15) is 24.8 Å². The molecule has 2 heterocycles. The van der Waals surface area contributed by atoms with Crippen molar-refractivity contribution in [1.82, 2.24) is 14.6 Å². The van der Waals surface area contributed by atoms with E-state index < -0.39 is 0 Å². The first-order valence-electron chi connectivity index (χ1n) is 6.76. The molecule has 2 aromatic heterocycles. The van der Waals surface area contributed by atoms with Crippen LogP contribution in [-0.2, 0) is 4.74 Å². The highest BCUT2D eigenvalue weighted by molar-refractivity contribution is 5.51. The van der Waals surface area contributed by atoms with Crippen molar-refractivity contribution in [3.8, 4) is 0 Å². The van der Waals surface area contributed by atoms with Gasteiger partial charge in [0, 0.05) is 20.3 Å². The van der Waals surface area contributed by atoms with Crippen LogP contribution in [-0.4, -0.2) is 34.9 Å². The predicted molar refractivity (Wildman–Crippen MR) is 74.4 cm³/mol. The van der Waals surface area contributed by atoms with Crippen molar-refractivity contribution >= 4 is 11.5 Å². The summed E-state index contributed by atoms with van der Waals surface area (Å²) in [5.41, 5.74) is 2.51. The summed E-state index contributed by atoms with van der Waals surface area (Å²) in [4.78, 5) is 4.24. The zero-order chi connectivity index (χ0) is 13.3. The van der Waals surface area contributed by atoms with Gasteiger partial charge >= 0.3 is 0 Å². The van der Waals surface area contributed by atoms with Crippen LogP contribution in [0.5, 0.6) is 0 Å². The predicted octanol–water partition coefficient (Wildman–Crippen LogP) is 2.27. The van der Waals surface area contributed by atoms with E-state index in [-0.39, 0.29) is 0 Å². The fraction of sp³-hybridized carbons (Fsp3) is 0.571. The molecule has 0 unspecified atom stereocenters. The van der Waals surface area contributed by atoms with Crippen molar-refractivity contribution in [2.24, 2.45) is 5.41 Å². The summed E-state index contributed by atoms with van der Waals surface area (Å²) in [6, 6.07) is 4.16.